The molecular formula is C15H21F3N2O2. The number of hydrogen-bond acceptors (Lipinski definition) is 3. The third-order valence-corrected chi connectivity index (χ3v) is 2.81. The number of rotatable bonds is 3. The fourth-order valence-corrected chi connectivity index (χ4v) is 1.71. The number of halogens is 3. The Hall–Kier alpha value is -1.76. The van der Waals surface area contributed by atoms with E-state index in [0.717, 1.165) is 5.56 Å². The third-order valence-electron chi connectivity index (χ3n) is 2.81. The first-order valence-electron chi connectivity index (χ1n) is 6.80. The predicted octanol–water partition coefficient (Wildman–Crippen LogP) is 3.77. The number of aryl methyl sites for hydroxylation is 1. The fraction of sp³-hybridized carbons (Fsp3) is 0.533. The Morgan fingerprint density at radius 1 is 1.32 bits per heavy atom. The van der Waals surface area contributed by atoms with E-state index in [1.807, 2.05) is 0 Å². The molecule has 0 aliphatic carbocycles. The highest BCUT2D eigenvalue weighted by Crippen LogP contribution is 2.24. The first-order chi connectivity index (χ1) is 9.88. The maximum Gasteiger partial charge on any atom is 0.412 e. The van der Waals surface area contributed by atoms with Gasteiger partial charge in [0, 0.05) is 5.69 Å². The molecular weight excluding hydrogens is 297 g/mol. The van der Waals surface area contributed by atoms with Crippen LogP contribution < -0.4 is 11.1 Å². The smallest absolute Gasteiger partial charge is 0.412 e. The summed E-state index contributed by atoms with van der Waals surface area (Å²) in [6, 6.07) is 2.72. The van der Waals surface area contributed by atoms with Crippen LogP contribution in [0.1, 0.15) is 31.9 Å². The van der Waals surface area contributed by atoms with Crippen LogP contribution in [0.5, 0.6) is 0 Å². The molecule has 4 nitrogen and oxygen atoms in total. The molecule has 1 aromatic rings. The maximum absolute atomic E-state index is 12.5. The number of anilines is 1. The summed E-state index contributed by atoms with van der Waals surface area (Å²) in [5, 5.41) is 2.54. The molecule has 0 heterocycles. The van der Waals surface area contributed by atoms with E-state index in [2.05, 4.69) is 5.32 Å². The van der Waals surface area contributed by atoms with Gasteiger partial charge in [-0.3, -0.25) is 5.32 Å². The Labute approximate surface area is 127 Å². The van der Waals surface area contributed by atoms with Crippen LogP contribution in [0, 0.1) is 6.92 Å². The van der Waals surface area contributed by atoms with E-state index in [9.17, 15) is 18.0 Å². The molecule has 0 spiro atoms. The van der Waals surface area contributed by atoms with Crippen LogP contribution in [-0.2, 0) is 11.2 Å². The van der Waals surface area contributed by atoms with Gasteiger partial charge in [0.25, 0.3) is 0 Å². The molecule has 1 aromatic carbocycles. The molecule has 0 aliphatic rings. The minimum atomic E-state index is -4.45. The maximum atomic E-state index is 12.5. The lowest BCUT2D eigenvalue weighted by Crippen LogP contribution is -2.39. The van der Waals surface area contributed by atoms with Gasteiger partial charge in [-0.25, -0.2) is 4.79 Å². The molecule has 1 amide bonds. The normalized spacial score (nSPS) is 13.6. The van der Waals surface area contributed by atoms with Crippen molar-refractivity contribution < 1.29 is 22.7 Å². The molecule has 22 heavy (non-hydrogen) atoms. The molecule has 0 bridgehead atoms. The average molecular weight is 318 g/mol. The number of alkyl halides is 3. The Morgan fingerprint density at radius 2 is 1.91 bits per heavy atom. The summed E-state index contributed by atoms with van der Waals surface area (Å²) >= 11 is 0. The van der Waals surface area contributed by atoms with Crippen LogP contribution in [0.2, 0.25) is 0 Å². The highest BCUT2D eigenvalue weighted by Gasteiger charge is 2.36. The van der Waals surface area contributed by atoms with Gasteiger partial charge in [0.15, 0.2) is 0 Å². The molecule has 0 aromatic heterocycles. The van der Waals surface area contributed by atoms with Gasteiger partial charge in [0.1, 0.15) is 11.6 Å². The van der Waals surface area contributed by atoms with Crippen molar-refractivity contribution in [3.8, 4) is 0 Å². The number of nitrogens with one attached hydrogen (secondary N) is 1. The monoisotopic (exact) mass is 318 g/mol. The summed E-state index contributed by atoms with van der Waals surface area (Å²) in [5.41, 5.74) is 5.97. The molecule has 124 valence electrons. The van der Waals surface area contributed by atoms with Crippen LogP contribution in [0.4, 0.5) is 23.7 Å². The number of ether oxygens (including phenoxy) is 1. The third kappa shape index (κ3) is 5.93. The second kappa shape index (κ2) is 6.56. The predicted molar refractivity (Wildman–Crippen MR) is 78.8 cm³/mol. The standard InChI is InChI=1S/C15H21F3N2O2/c1-9-5-6-10(8-12(19)15(16,17)18)7-11(9)20-13(21)22-14(2,3)4/h5-7,12H,8,19H2,1-4H3,(H,20,21). The summed E-state index contributed by atoms with van der Waals surface area (Å²) in [4.78, 5) is 11.7. The van der Waals surface area contributed by atoms with Gasteiger partial charge in [-0.2, -0.15) is 13.2 Å². The van der Waals surface area contributed by atoms with E-state index in [1.54, 1.807) is 39.8 Å². The number of benzene rings is 1. The summed E-state index contributed by atoms with van der Waals surface area (Å²) in [7, 11) is 0. The van der Waals surface area contributed by atoms with Gasteiger partial charge >= 0.3 is 12.3 Å². The van der Waals surface area contributed by atoms with Crippen molar-refractivity contribution in [2.24, 2.45) is 5.73 Å². The number of nitrogens with two attached hydrogens (primary N) is 1. The Bertz CT molecular complexity index is 537. The molecule has 1 rings (SSSR count). The first-order valence-corrected chi connectivity index (χ1v) is 6.80. The number of amides is 1. The van der Waals surface area contributed by atoms with E-state index in [-0.39, 0.29) is 6.42 Å². The molecule has 3 N–H and O–H groups in total. The van der Waals surface area contributed by atoms with Crippen LogP contribution in [0.25, 0.3) is 0 Å². The van der Waals surface area contributed by atoms with Crippen molar-refractivity contribution in [3.63, 3.8) is 0 Å². The van der Waals surface area contributed by atoms with Crippen LogP contribution >= 0.6 is 0 Å². The second-order valence-corrected chi connectivity index (χ2v) is 6.13. The van der Waals surface area contributed by atoms with E-state index in [0.29, 0.717) is 11.3 Å². The quantitative estimate of drug-likeness (QED) is 0.891. The zero-order chi connectivity index (χ0) is 17.1. The molecule has 1 atom stereocenters. The van der Waals surface area contributed by atoms with Gasteiger partial charge in [0.2, 0.25) is 0 Å². The van der Waals surface area contributed by atoms with Gasteiger partial charge in [-0.05, 0) is 51.3 Å². The van der Waals surface area contributed by atoms with E-state index >= 15 is 0 Å². The lowest BCUT2D eigenvalue weighted by Gasteiger charge is -2.21. The highest BCUT2D eigenvalue weighted by molar-refractivity contribution is 5.86. The minimum Gasteiger partial charge on any atom is -0.444 e. The fourth-order valence-electron chi connectivity index (χ4n) is 1.71. The topological polar surface area (TPSA) is 64.3 Å². The lowest BCUT2D eigenvalue weighted by molar-refractivity contribution is -0.147. The average Bonchev–Trinajstić information content (AvgIpc) is 2.29. The SMILES string of the molecule is Cc1ccc(CC(N)C(F)(F)F)cc1NC(=O)OC(C)(C)C. The number of carbonyl (C=O) groups excluding carboxylic acids is 1. The molecule has 0 aliphatic heterocycles. The molecule has 0 saturated carbocycles. The van der Waals surface area contributed by atoms with E-state index < -0.39 is 23.9 Å². The zero-order valence-electron chi connectivity index (χ0n) is 13.0. The molecule has 7 heteroatoms. The van der Waals surface area contributed by atoms with Crippen molar-refractivity contribution in [1.82, 2.24) is 0 Å². The summed E-state index contributed by atoms with van der Waals surface area (Å²) < 4.78 is 42.6. The second-order valence-electron chi connectivity index (χ2n) is 6.13. The molecule has 1 unspecified atom stereocenters. The first kappa shape index (κ1) is 18.3. The lowest BCUT2D eigenvalue weighted by atomic mass is 10.0. The van der Waals surface area contributed by atoms with Crippen molar-refractivity contribution in [2.75, 3.05) is 5.32 Å². The van der Waals surface area contributed by atoms with Crippen molar-refractivity contribution >= 4 is 11.8 Å². The van der Waals surface area contributed by atoms with Crippen molar-refractivity contribution in [1.29, 1.82) is 0 Å². The van der Waals surface area contributed by atoms with Crippen LogP contribution in [0.3, 0.4) is 0 Å². The minimum absolute atomic E-state index is 0.354. The van der Waals surface area contributed by atoms with E-state index in [4.69, 9.17) is 10.5 Å². The van der Waals surface area contributed by atoms with Gasteiger partial charge in [0.05, 0.1) is 0 Å². The molecule has 0 radical (unpaired) electrons. The van der Waals surface area contributed by atoms with Gasteiger partial charge in [-0.1, -0.05) is 12.1 Å². The van der Waals surface area contributed by atoms with Crippen LogP contribution in [-0.4, -0.2) is 23.9 Å². The number of hydrogen-bond donors (Lipinski definition) is 2. The zero-order valence-corrected chi connectivity index (χ0v) is 13.0. The van der Waals surface area contributed by atoms with Crippen molar-refractivity contribution in [3.05, 3.63) is 29.3 Å². The highest BCUT2D eigenvalue weighted by atomic mass is 19.4. The number of carbonyl (C=O) groups is 1. The Kier molecular flexibility index (Phi) is 5.45. The summed E-state index contributed by atoms with van der Waals surface area (Å²) in [6.45, 7) is 6.90. The molecule has 0 saturated heterocycles. The van der Waals surface area contributed by atoms with Gasteiger partial charge in [-0.15, -0.1) is 0 Å². The van der Waals surface area contributed by atoms with Crippen LogP contribution in [0.15, 0.2) is 18.2 Å². The summed E-state index contributed by atoms with van der Waals surface area (Å²) in [5.74, 6) is 0. The Morgan fingerprint density at radius 3 is 2.41 bits per heavy atom. The Balaban J connectivity index is 2.84. The van der Waals surface area contributed by atoms with Gasteiger partial charge < -0.3 is 10.5 Å². The van der Waals surface area contributed by atoms with Crippen molar-refractivity contribution in [2.45, 2.75) is 51.9 Å². The summed E-state index contributed by atoms with van der Waals surface area (Å²) in [6.07, 6.45) is -5.47. The largest absolute Gasteiger partial charge is 0.444 e. The van der Waals surface area contributed by atoms with E-state index in [1.165, 1.54) is 6.07 Å². The molecule has 0 fully saturated rings.